The predicted molar refractivity (Wildman–Crippen MR) is 47.1 cm³/mol. The third-order valence-electron chi connectivity index (χ3n) is 2.23. The minimum atomic E-state index is -0.252. The highest BCUT2D eigenvalue weighted by atomic mass is 16.5. The molecular formula is C9H15NO3. The van der Waals surface area contributed by atoms with Crippen LogP contribution >= 0.6 is 0 Å². The number of ether oxygens (including phenoxy) is 1. The Morgan fingerprint density at radius 2 is 2.31 bits per heavy atom. The van der Waals surface area contributed by atoms with E-state index >= 15 is 0 Å². The zero-order chi connectivity index (χ0) is 9.68. The van der Waals surface area contributed by atoms with Gasteiger partial charge in [-0.05, 0) is 12.8 Å². The molecule has 1 aliphatic heterocycles. The second-order valence-corrected chi connectivity index (χ2v) is 3.16. The molecular weight excluding hydrogens is 170 g/mol. The summed E-state index contributed by atoms with van der Waals surface area (Å²) in [6.45, 7) is 1.29. The number of piperidine rings is 1. The first kappa shape index (κ1) is 10.0. The number of hydrogen-bond donors (Lipinski definition) is 0. The van der Waals surface area contributed by atoms with E-state index in [1.165, 1.54) is 7.11 Å². The van der Waals surface area contributed by atoms with Crippen molar-refractivity contribution in [3.05, 3.63) is 0 Å². The first-order valence-electron chi connectivity index (χ1n) is 4.58. The molecule has 0 saturated carbocycles. The van der Waals surface area contributed by atoms with Gasteiger partial charge in [-0.2, -0.15) is 0 Å². The second kappa shape index (κ2) is 4.84. The molecule has 0 radical (unpaired) electrons. The zero-order valence-corrected chi connectivity index (χ0v) is 7.91. The summed E-state index contributed by atoms with van der Waals surface area (Å²) in [5, 5.41) is 0. The molecule has 1 amide bonds. The van der Waals surface area contributed by atoms with Crippen molar-refractivity contribution in [1.29, 1.82) is 0 Å². The monoisotopic (exact) mass is 185 g/mol. The van der Waals surface area contributed by atoms with Crippen LogP contribution in [-0.2, 0) is 14.3 Å². The van der Waals surface area contributed by atoms with E-state index in [4.69, 9.17) is 0 Å². The standard InChI is InChI=1S/C9H15NO3/c1-13-9(12)5-7-10-6-3-2-4-8(10)11/h2-7H2,1H3. The zero-order valence-electron chi connectivity index (χ0n) is 7.91. The highest BCUT2D eigenvalue weighted by Crippen LogP contribution is 2.10. The predicted octanol–water partition coefficient (Wildman–Crippen LogP) is 0.562. The Kier molecular flexibility index (Phi) is 3.73. The lowest BCUT2D eigenvalue weighted by molar-refractivity contribution is -0.142. The topological polar surface area (TPSA) is 46.6 Å². The third kappa shape index (κ3) is 3.05. The minimum absolute atomic E-state index is 0.162. The molecule has 74 valence electrons. The Morgan fingerprint density at radius 1 is 1.54 bits per heavy atom. The van der Waals surface area contributed by atoms with Gasteiger partial charge in [0.15, 0.2) is 0 Å². The summed E-state index contributed by atoms with van der Waals surface area (Å²) in [5.74, 6) is -0.0893. The normalized spacial score (nSPS) is 17.3. The summed E-state index contributed by atoms with van der Waals surface area (Å²) < 4.78 is 4.50. The summed E-state index contributed by atoms with van der Waals surface area (Å²) in [7, 11) is 1.36. The average molecular weight is 185 g/mol. The molecule has 0 atom stereocenters. The van der Waals surface area contributed by atoms with Gasteiger partial charge in [-0.25, -0.2) is 0 Å². The third-order valence-corrected chi connectivity index (χ3v) is 2.23. The molecule has 1 aliphatic rings. The van der Waals surface area contributed by atoms with Gasteiger partial charge in [0, 0.05) is 19.5 Å². The molecule has 1 heterocycles. The van der Waals surface area contributed by atoms with Crippen LogP contribution < -0.4 is 0 Å². The molecule has 1 rings (SSSR count). The van der Waals surface area contributed by atoms with Crippen LogP contribution in [0.2, 0.25) is 0 Å². The maximum absolute atomic E-state index is 11.3. The van der Waals surface area contributed by atoms with Crippen molar-refractivity contribution in [1.82, 2.24) is 4.90 Å². The van der Waals surface area contributed by atoms with Crippen molar-refractivity contribution >= 4 is 11.9 Å². The van der Waals surface area contributed by atoms with Gasteiger partial charge in [-0.15, -0.1) is 0 Å². The summed E-state index contributed by atoms with van der Waals surface area (Å²) in [6, 6.07) is 0. The van der Waals surface area contributed by atoms with E-state index in [0.29, 0.717) is 19.4 Å². The molecule has 0 aromatic carbocycles. The van der Waals surface area contributed by atoms with Gasteiger partial charge in [-0.1, -0.05) is 0 Å². The number of amides is 1. The van der Waals surface area contributed by atoms with Crippen molar-refractivity contribution in [2.45, 2.75) is 25.7 Å². The Labute approximate surface area is 77.8 Å². The van der Waals surface area contributed by atoms with Gasteiger partial charge in [0.25, 0.3) is 0 Å². The number of esters is 1. The quantitative estimate of drug-likeness (QED) is 0.604. The summed E-state index contributed by atoms with van der Waals surface area (Å²) in [5.41, 5.74) is 0. The number of hydrogen-bond acceptors (Lipinski definition) is 3. The highest BCUT2D eigenvalue weighted by Gasteiger charge is 2.18. The van der Waals surface area contributed by atoms with E-state index in [2.05, 4.69) is 4.74 Å². The molecule has 1 fully saturated rings. The van der Waals surface area contributed by atoms with E-state index in [1.807, 2.05) is 0 Å². The van der Waals surface area contributed by atoms with Crippen LogP contribution in [0.1, 0.15) is 25.7 Å². The Morgan fingerprint density at radius 3 is 2.92 bits per heavy atom. The second-order valence-electron chi connectivity index (χ2n) is 3.16. The summed E-state index contributed by atoms with van der Waals surface area (Å²) >= 11 is 0. The first-order chi connectivity index (χ1) is 6.24. The smallest absolute Gasteiger partial charge is 0.307 e. The largest absolute Gasteiger partial charge is 0.469 e. The lowest BCUT2D eigenvalue weighted by Crippen LogP contribution is -2.36. The minimum Gasteiger partial charge on any atom is -0.469 e. The molecule has 0 aromatic heterocycles. The Hall–Kier alpha value is -1.06. The number of likely N-dealkylation sites (tertiary alicyclic amines) is 1. The lowest BCUT2D eigenvalue weighted by atomic mass is 10.1. The van der Waals surface area contributed by atoms with Crippen molar-refractivity contribution in [2.75, 3.05) is 20.2 Å². The molecule has 0 N–H and O–H groups in total. The molecule has 0 bridgehead atoms. The summed E-state index contributed by atoms with van der Waals surface area (Å²) in [4.78, 5) is 23.8. The van der Waals surface area contributed by atoms with Crippen LogP contribution in [0.25, 0.3) is 0 Å². The molecule has 4 heteroatoms. The number of methoxy groups -OCH3 is 1. The van der Waals surface area contributed by atoms with Gasteiger partial charge in [0.1, 0.15) is 0 Å². The molecule has 0 spiro atoms. The van der Waals surface area contributed by atoms with Gasteiger partial charge in [-0.3, -0.25) is 9.59 Å². The van der Waals surface area contributed by atoms with E-state index in [9.17, 15) is 9.59 Å². The van der Waals surface area contributed by atoms with Crippen molar-refractivity contribution in [2.24, 2.45) is 0 Å². The van der Waals surface area contributed by atoms with Crippen LogP contribution in [0.5, 0.6) is 0 Å². The van der Waals surface area contributed by atoms with E-state index in [0.717, 1.165) is 19.4 Å². The van der Waals surface area contributed by atoms with Crippen LogP contribution in [0.3, 0.4) is 0 Å². The van der Waals surface area contributed by atoms with Crippen LogP contribution in [-0.4, -0.2) is 37.0 Å². The van der Waals surface area contributed by atoms with Gasteiger partial charge in [0.05, 0.1) is 13.5 Å². The average Bonchev–Trinajstić information content (AvgIpc) is 2.16. The van der Waals surface area contributed by atoms with Gasteiger partial charge >= 0.3 is 5.97 Å². The molecule has 0 aromatic rings. The van der Waals surface area contributed by atoms with Crippen LogP contribution in [0.4, 0.5) is 0 Å². The highest BCUT2D eigenvalue weighted by molar-refractivity contribution is 5.77. The maximum Gasteiger partial charge on any atom is 0.307 e. The fourth-order valence-electron chi connectivity index (χ4n) is 1.43. The Balaban J connectivity index is 2.26. The van der Waals surface area contributed by atoms with E-state index < -0.39 is 0 Å². The van der Waals surface area contributed by atoms with Gasteiger partial charge < -0.3 is 9.64 Å². The van der Waals surface area contributed by atoms with Crippen molar-refractivity contribution in [3.63, 3.8) is 0 Å². The summed E-state index contributed by atoms with van der Waals surface area (Å²) in [6.07, 6.45) is 2.96. The van der Waals surface area contributed by atoms with Gasteiger partial charge in [0.2, 0.25) is 5.91 Å². The molecule has 0 unspecified atom stereocenters. The first-order valence-corrected chi connectivity index (χ1v) is 4.58. The van der Waals surface area contributed by atoms with Crippen molar-refractivity contribution < 1.29 is 14.3 Å². The van der Waals surface area contributed by atoms with Crippen LogP contribution in [0, 0.1) is 0 Å². The number of nitrogens with zero attached hydrogens (tertiary/aromatic N) is 1. The Bertz CT molecular complexity index is 203. The number of carbonyl (C=O) groups excluding carboxylic acids is 2. The number of carbonyl (C=O) groups is 2. The molecule has 4 nitrogen and oxygen atoms in total. The van der Waals surface area contributed by atoms with E-state index in [-0.39, 0.29) is 11.9 Å². The number of rotatable bonds is 3. The fourth-order valence-corrected chi connectivity index (χ4v) is 1.43. The van der Waals surface area contributed by atoms with Crippen molar-refractivity contribution in [3.8, 4) is 0 Å². The molecule has 0 aliphatic carbocycles. The molecule has 1 saturated heterocycles. The maximum atomic E-state index is 11.3. The SMILES string of the molecule is COC(=O)CCN1CCCCC1=O. The fraction of sp³-hybridized carbons (Fsp3) is 0.778. The van der Waals surface area contributed by atoms with E-state index in [1.54, 1.807) is 4.90 Å². The lowest BCUT2D eigenvalue weighted by Gasteiger charge is -2.26. The molecule has 13 heavy (non-hydrogen) atoms. The van der Waals surface area contributed by atoms with Crippen LogP contribution in [0.15, 0.2) is 0 Å².